The van der Waals surface area contributed by atoms with Crippen LogP contribution in [0.5, 0.6) is 5.75 Å². The Balaban J connectivity index is 1.27. The lowest BCUT2D eigenvalue weighted by Crippen LogP contribution is -2.61. The second-order valence-electron chi connectivity index (χ2n) is 16.7. The molecule has 0 aliphatic carbocycles. The number of ether oxygens (including phenoxy) is 6. The molecule has 10 atom stereocenters. The van der Waals surface area contributed by atoms with Gasteiger partial charge in [-0.25, -0.2) is 14.6 Å². The number of ketones is 1. The molecule has 342 valence electrons. The maximum absolute atomic E-state index is 14.5. The molecule has 15 nitrogen and oxygen atoms in total. The number of esters is 2. The smallest absolute Gasteiger partial charge is 0.462 e. The third kappa shape index (κ3) is 12.6. The van der Waals surface area contributed by atoms with Crippen molar-refractivity contribution in [1.29, 1.82) is 0 Å². The standard InChI is InChI=1S/C47H59NO14S/c1-8-11-32-41(62-46(56)58-25-29-15-18-31(19-16-29)59-45-40(53)38(51)39(52)42(61-45)44(55)57-22-9-2)27(4)13-10-12-26(3)14-20-34(30-17-21-35-33(23-30)48-28(5)63-35)60-37(50)24-36(49)47(6,7)43(32)54/h8-9,14-19,21,23,27,32,34,36,38-42,45,49,51-53H,1-2,10-13,20,22,24-25H2,3-7H3/b26-14-/t27-,32+,34-,36-,38-,39-,40+,41-,42-,45+/m0/s1. The Morgan fingerprint density at radius 3 is 2.41 bits per heavy atom. The van der Waals surface area contributed by atoms with Crippen molar-refractivity contribution >= 4 is 45.4 Å². The third-order valence-electron chi connectivity index (χ3n) is 11.5. The number of cyclic esters (lactones) is 1. The van der Waals surface area contributed by atoms with E-state index in [1.165, 1.54) is 18.2 Å². The van der Waals surface area contributed by atoms with Crippen LogP contribution in [-0.2, 0) is 44.7 Å². The minimum atomic E-state index is -1.78. The fourth-order valence-electron chi connectivity index (χ4n) is 7.67. The first-order valence-electron chi connectivity index (χ1n) is 21.0. The van der Waals surface area contributed by atoms with E-state index in [9.17, 15) is 39.6 Å². The van der Waals surface area contributed by atoms with E-state index in [-0.39, 0.29) is 31.3 Å². The Labute approximate surface area is 371 Å². The molecule has 2 aliphatic rings. The van der Waals surface area contributed by atoms with Gasteiger partial charge in [-0.15, -0.1) is 17.9 Å². The Hall–Kier alpha value is -4.97. The number of rotatable bonds is 11. The predicted octanol–water partition coefficient (Wildman–Crippen LogP) is 6.52. The van der Waals surface area contributed by atoms with Crippen molar-refractivity contribution < 1.29 is 68.0 Å². The van der Waals surface area contributed by atoms with Crippen molar-refractivity contribution in [2.45, 2.75) is 129 Å². The van der Waals surface area contributed by atoms with Gasteiger partial charge in [-0.3, -0.25) is 9.59 Å². The highest BCUT2D eigenvalue weighted by Gasteiger charge is 2.49. The Morgan fingerprint density at radius 2 is 1.71 bits per heavy atom. The first kappa shape index (κ1) is 49.1. The monoisotopic (exact) mass is 893 g/mol. The topological polar surface area (TPSA) is 217 Å². The molecule has 0 bridgehead atoms. The normalized spacial score (nSPS) is 29.4. The summed E-state index contributed by atoms with van der Waals surface area (Å²) in [5, 5.41) is 43.5. The molecule has 1 fully saturated rings. The second kappa shape index (κ2) is 22.1. The maximum atomic E-state index is 14.5. The molecule has 3 heterocycles. The number of hydrogen-bond acceptors (Lipinski definition) is 16. The molecule has 1 aromatic heterocycles. The quantitative estimate of drug-likeness (QED) is 0.0915. The Morgan fingerprint density at radius 1 is 0.984 bits per heavy atom. The van der Waals surface area contributed by atoms with E-state index < -0.39 is 90.6 Å². The van der Waals surface area contributed by atoms with E-state index in [0.717, 1.165) is 26.4 Å². The van der Waals surface area contributed by atoms with E-state index in [4.69, 9.17) is 28.4 Å². The number of benzene rings is 2. The summed E-state index contributed by atoms with van der Waals surface area (Å²) in [6.45, 7) is 15.9. The van der Waals surface area contributed by atoms with E-state index in [1.54, 1.807) is 43.4 Å². The number of aromatic nitrogens is 1. The lowest BCUT2D eigenvalue weighted by molar-refractivity contribution is -0.272. The van der Waals surface area contributed by atoms with Gasteiger partial charge < -0.3 is 48.8 Å². The van der Waals surface area contributed by atoms with E-state index in [0.29, 0.717) is 31.2 Å². The van der Waals surface area contributed by atoms with Gasteiger partial charge in [0.15, 0.2) is 6.10 Å². The summed E-state index contributed by atoms with van der Waals surface area (Å²) in [7, 11) is 0. The molecule has 5 rings (SSSR count). The van der Waals surface area contributed by atoms with Gasteiger partial charge in [-0.2, -0.15) is 0 Å². The molecule has 2 aliphatic heterocycles. The van der Waals surface area contributed by atoms with Crippen molar-refractivity contribution in [3.63, 3.8) is 0 Å². The van der Waals surface area contributed by atoms with Crippen LogP contribution >= 0.6 is 11.3 Å². The SMILES string of the molecule is C=CCOC(=O)[C@H]1O[C@@H](Oc2ccc(COC(=O)O[C@H]3[C@@H](C)CCC/C(C)=C\C[C@@H](c4ccc5sc(C)nc5c4)OC(=O)C[C@H](O)C(C)(C)C(=O)[C@@H]3CC=C)cc2)[C@H](O)[C@@H](O)[C@@H]1O. The lowest BCUT2D eigenvalue weighted by atomic mass is 9.71. The summed E-state index contributed by atoms with van der Waals surface area (Å²) >= 11 is 1.58. The Kier molecular flexibility index (Phi) is 17.2. The molecule has 4 N–H and O–H groups in total. The average molecular weight is 894 g/mol. The minimum Gasteiger partial charge on any atom is -0.462 e. The van der Waals surface area contributed by atoms with Gasteiger partial charge >= 0.3 is 18.1 Å². The van der Waals surface area contributed by atoms with E-state index in [2.05, 4.69) is 18.1 Å². The number of nitrogens with zero attached hydrogens (tertiary/aromatic N) is 1. The number of hydrogen-bond donors (Lipinski definition) is 4. The van der Waals surface area contributed by atoms with Crippen LogP contribution in [0.4, 0.5) is 4.79 Å². The van der Waals surface area contributed by atoms with Crippen molar-refractivity contribution in [2.75, 3.05) is 6.61 Å². The molecule has 0 amide bonds. The van der Waals surface area contributed by atoms with Crippen molar-refractivity contribution in [2.24, 2.45) is 17.3 Å². The molecule has 0 spiro atoms. The van der Waals surface area contributed by atoms with Crippen LogP contribution in [0.15, 0.2) is 79.4 Å². The zero-order valence-corrected chi connectivity index (χ0v) is 37.2. The highest BCUT2D eigenvalue weighted by molar-refractivity contribution is 7.18. The molecule has 0 unspecified atom stereocenters. The molecule has 1 saturated heterocycles. The van der Waals surface area contributed by atoms with Crippen LogP contribution in [0.25, 0.3) is 10.2 Å². The van der Waals surface area contributed by atoms with Gasteiger partial charge in [-0.1, -0.05) is 69.4 Å². The summed E-state index contributed by atoms with van der Waals surface area (Å²) < 4.78 is 34.6. The summed E-state index contributed by atoms with van der Waals surface area (Å²) in [4.78, 5) is 58.3. The van der Waals surface area contributed by atoms with E-state index in [1.807, 2.05) is 45.0 Å². The summed E-state index contributed by atoms with van der Waals surface area (Å²) in [5.41, 5.74) is 1.71. The van der Waals surface area contributed by atoms with Gasteiger partial charge in [0.2, 0.25) is 6.29 Å². The number of carbonyl (C=O) groups excluding carboxylic acids is 4. The van der Waals surface area contributed by atoms with Crippen LogP contribution in [0, 0.1) is 24.2 Å². The van der Waals surface area contributed by atoms with Gasteiger partial charge in [0.25, 0.3) is 0 Å². The number of fused-ring (bicyclic) bond motifs is 1. The first-order chi connectivity index (χ1) is 29.9. The molecule has 63 heavy (non-hydrogen) atoms. The molecular formula is C47H59NO14S. The second-order valence-corrected chi connectivity index (χ2v) is 18.0. The van der Waals surface area contributed by atoms with Gasteiger partial charge in [0, 0.05) is 6.42 Å². The largest absolute Gasteiger partial charge is 0.508 e. The molecule has 16 heteroatoms. The number of carbonyl (C=O) groups is 4. The zero-order valence-electron chi connectivity index (χ0n) is 36.3. The summed E-state index contributed by atoms with van der Waals surface area (Å²) in [6, 6.07) is 11.9. The highest BCUT2D eigenvalue weighted by Crippen LogP contribution is 2.37. The van der Waals surface area contributed by atoms with Gasteiger partial charge in [0.05, 0.1) is 39.1 Å². The fraction of sp³-hybridized carbons (Fsp3) is 0.511. The first-order valence-corrected chi connectivity index (χ1v) is 21.9. The number of aryl methyl sites for hydroxylation is 1. The molecular weight excluding hydrogens is 835 g/mol. The van der Waals surface area contributed by atoms with Crippen LogP contribution in [0.1, 0.15) is 88.5 Å². The van der Waals surface area contributed by atoms with Crippen LogP contribution < -0.4 is 4.74 Å². The van der Waals surface area contributed by atoms with Gasteiger partial charge in [-0.05, 0) is 80.8 Å². The number of aliphatic hydroxyl groups is 4. The molecule has 0 radical (unpaired) electrons. The van der Waals surface area contributed by atoms with E-state index >= 15 is 0 Å². The third-order valence-corrected chi connectivity index (χ3v) is 12.5. The maximum Gasteiger partial charge on any atom is 0.508 e. The molecule has 0 saturated carbocycles. The zero-order chi connectivity index (χ0) is 46.0. The molecule has 3 aromatic rings. The summed E-state index contributed by atoms with van der Waals surface area (Å²) in [5.74, 6) is -3.17. The Bertz CT molecular complexity index is 2110. The van der Waals surface area contributed by atoms with Gasteiger partial charge in [0.1, 0.15) is 55.3 Å². The van der Waals surface area contributed by atoms with Crippen molar-refractivity contribution in [1.82, 2.24) is 4.98 Å². The fourth-order valence-corrected chi connectivity index (χ4v) is 8.47. The predicted molar refractivity (Wildman–Crippen MR) is 232 cm³/mol. The van der Waals surface area contributed by atoms with Crippen LogP contribution in [-0.4, -0.2) is 98.8 Å². The molecule has 2 aromatic carbocycles. The number of thiazole rings is 1. The van der Waals surface area contributed by atoms with Crippen LogP contribution in [0.2, 0.25) is 0 Å². The average Bonchev–Trinajstić information content (AvgIpc) is 3.63. The van der Waals surface area contributed by atoms with Crippen molar-refractivity contribution in [3.8, 4) is 5.75 Å². The highest BCUT2D eigenvalue weighted by atomic mass is 32.1. The lowest BCUT2D eigenvalue weighted by Gasteiger charge is -2.38. The van der Waals surface area contributed by atoms with Crippen LogP contribution in [0.3, 0.4) is 0 Å². The number of aliphatic hydroxyl groups excluding tert-OH is 4. The summed E-state index contributed by atoms with van der Waals surface area (Å²) in [6.07, 6.45) is -5.53. The number of allylic oxidation sites excluding steroid dienone is 2. The van der Waals surface area contributed by atoms with Crippen molar-refractivity contribution in [3.05, 3.63) is 95.6 Å². The minimum absolute atomic E-state index is 0.120. The number of Topliss-reactive ketones (excluding diaryl/α,β-unsaturated/α-hetero) is 1.